The van der Waals surface area contributed by atoms with E-state index in [9.17, 15) is 9.59 Å². The Morgan fingerprint density at radius 3 is 2.73 bits per heavy atom. The highest BCUT2D eigenvalue weighted by atomic mass is 79.9. The molecule has 1 aromatic rings. The van der Waals surface area contributed by atoms with E-state index in [0.717, 1.165) is 21.7 Å². The van der Waals surface area contributed by atoms with Crippen LogP contribution in [-0.2, 0) is 9.53 Å². The van der Waals surface area contributed by atoms with Gasteiger partial charge in [0.25, 0.3) is 5.91 Å². The molecule has 0 aliphatic carbocycles. The molecule has 2 amide bonds. The Bertz CT molecular complexity index is 496. The number of imide groups is 1. The summed E-state index contributed by atoms with van der Waals surface area (Å²) < 4.78 is 11.3. The van der Waals surface area contributed by atoms with Crippen molar-refractivity contribution in [3.05, 3.63) is 28.7 Å². The Labute approximate surface area is 138 Å². The minimum absolute atomic E-state index is 0.206. The molecule has 0 saturated heterocycles. The van der Waals surface area contributed by atoms with Crippen molar-refractivity contribution < 1.29 is 24.0 Å². The largest absolute Gasteiger partial charge is 0.488 e. The highest BCUT2D eigenvalue weighted by molar-refractivity contribution is 9.10. The zero-order chi connectivity index (χ0) is 16.4. The first kappa shape index (κ1) is 18.4. The number of alkyl carbamates (subject to hydrolysis) is 1. The third-order valence-electron chi connectivity index (χ3n) is 2.95. The first-order valence-electron chi connectivity index (χ1n) is 7.23. The summed E-state index contributed by atoms with van der Waals surface area (Å²) in [6.45, 7) is 6.03. The number of likely N-dealkylation sites (N-methyl/N-ethyl adjacent to an activating group) is 1. The third kappa shape index (κ3) is 7.42. The van der Waals surface area contributed by atoms with Crippen molar-refractivity contribution in [3.8, 4) is 5.75 Å². The fraction of sp³-hybridized carbons (Fsp3) is 0.467. The molecule has 0 heterocycles. The summed E-state index contributed by atoms with van der Waals surface area (Å²) in [6.07, 6.45) is -0.701. The lowest BCUT2D eigenvalue weighted by Gasteiger charge is -2.17. The van der Waals surface area contributed by atoms with Crippen LogP contribution in [0.15, 0.2) is 28.7 Å². The molecule has 6 nitrogen and oxygen atoms in total. The zero-order valence-electron chi connectivity index (χ0n) is 12.9. The molecular formula is C15H22BrN2O4+. The van der Waals surface area contributed by atoms with Crippen molar-refractivity contribution >= 4 is 27.9 Å². The average molecular weight is 374 g/mol. The van der Waals surface area contributed by atoms with Gasteiger partial charge in [-0.15, -0.1) is 0 Å². The number of hydrogen-bond acceptors (Lipinski definition) is 4. The van der Waals surface area contributed by atoms with E-state index >= 15 is 0 Å². The lowest BCUT2D eigenvalue weighted by Crippen LogP contribution is -3.13. The first-order valence-corrected chi connectivity index (χ1v) is 8.03. The van der Waals surface area contributed by atoms with Crippen molar-refractivity contribution in [1.29, 1.82) is 0 Å². The van der Waals surface area contributed by atoms with Gasteiger partial charge in [0.2, 0.25) is 0 Å². The first-order chi connectivity index (χ1) is 10.5. The van der Waals surface area contributed by atoms with Crippen LogP contribution in [0.2, 0.25) is 0 Å². The van der Waals surface area contributed by atoms with Gasteiger partial charge < -0.3 is 14.4 Å². The van der Waals surface area contributed by atoms with Gasteiger partial charge in [-0.2, -0.15) is 0 Å². The van der Waals surface area contributed by atoms with E-state index < -0.39 is 6.09 Å². The molecule has 1 rings (SSSR count). The molecule has 0 bridgehead atoms. The minimum Gasteiger partial charge on any atom is -0.488 e. The molecule has 122 valence electrons. The average Bonchev–Trinajstić information content (AvgIpc) is 2.46. The summed E-state index contributed by atoms with van der Waals surface area (Å²) in [5.74, 6) is 0.429. The molecule has 0 aliphatic rings. The van der Waals surface area contributed by atoms with E-state index in [-0.39, 0.29) is 19.1 Å². The number of amides is 2. The fourth-order valence-corrected chi connectivity index (χ4v) is 2.19. The number of hydrogen-bond donors (Lipinski definition) is 2. The smallest absolute Gasteiger partial charge is 0.414 e. The number of carbonyl (C=O) groups excluding carboxylic acids is 2. The van der Waals surface area contributed by atoms with E-state index in [4.69, 9.17) is 4.74 Å². The minimum atomic E-state index is -0.701. The molecule has 0 aliphatic heterocycles. The number of quaternary nitrogens is 1. The molecule has 0 aromatic heterocycles. The second-order valence-corrected chi connectivity index (χ2v) is 5.52. The van der Waals surface area contributed by atoms with Gasteiger partial charge in [0, 0.05) is 4.47 Å². The Morgan fingerprint density at radius 1 is 1.32 bits per heavy atom. The highest BCUT2D eigenvalue weighted by Gasteiger charge is 2.15. The van der Waals surface area contributed by atoms with Gasteiger partial charge in [0.05, 0.1) is 13.2 Å². The van der Waals surface area contributed by atoms with Crippen LogP contribution in [0.5, 0.6) is 5.75 Å². The highest BCUT2D eigenvalue weighted by Crippen LogP contribution is 2.17. The van der Waals surface area contributed by atoms with Gasteiger partial charge in [0.15, 0.2) is 6.54 Å². The summed E-state index contributed by atoms with van der Waals surface area (Å²) >= 11 is 3.38. The van der Waals surface area contributed by atoms with E-state index in [1.807, 2.05) is 31.2 Å². The van der Waals surface area contributed by atoms with Crippen molar-refractivity contribution in [3.63, 3.8) is 0 Å². The van der Waals surface area contributed by atoms with Gasteiger partial charge in [-0.1, -0.05) is 22.0 Å². The van der Waals surface area contributed by atoms with Crippen LogP contribution < -0.4 is 15.0 Å². The lowest BCUT2D eigenvalue weighted by atomic mass is 10.3. The Morgan fingerprint density at radius 2 is 2.09 bits per heavy atom. The van der Waals surface area contributed by atoms with Crippen molar-refractivity contribution in [1.82, 2.24) is 5.32 Å². The second kappa shape index (κ2) is 10.2. The third-order valence-corrected chi connectivity index (χ3v) is 3.44. The molecule has 0 saturated carbocycles. The maximum absolute atomic E-state index is 11.7. The molecule has 1 aromatic carbocycles. The Kier molecular flexibility index (Phi) is 8.54. The summed E-state index contributed by atoms with van der Waals surface area (Å²) in [5.41, 5.74) is 0. The number of benzene rings is 1. The van der Waals surface area contributed by atoms with Crippen LogP contribution in [-0.4, -0.2) is 44.8 Å². The molecule has 0 spiro atoms. The normalized spacial score (nSPS) is 11.6. The van der Waals surface area contributed by atoms with Crippen LogP contribution in [0.4, 0.5) is 4.79 Å². The fourth-order valence-electron chi connectivity index (χ4n) is 1.81. The number of rotatable bonds is 8. The maximum Gasteiger partial charge on any atom is 0.414 e. The van der Waals surface area contributed by atoms with Crippen molar-refractivity contribution in [2.45, 2.75) is 13.8 Å². The SMILES string of the molecule is CCOC(=O)NC(=O)C[NH+](CC)CCOc1cccc(Br)c1. The summed E-state index contributed by atoms with van der Waals surface area (Å²) in [4.78, 5) is 23.9. The van der Waals surface area contributed by atoms with E-state index in [0.29, 0.717) is 13.2 Å². The van der Waals surface area contributed by atoms with Gasteiger partial charge >= 0.3 is 6.09 Å². The number of ether oxygens (including phenoxy) is 2. The molecule has 0 fully saturated rings. The predicted octanol–water partition coefficient (Wildman–Crippen LogP) is 1.01. The molecule has 1 atom stereocenters. The summed E-state index contributed by atoms with van der Waals surface area (Å²) in [7, 11) is 0. The van der Waals surface area contributed by atoms with Gasteiger partial charge in [-0.05, 0) is 32.0 Å². The predicted molar refractivity (Wildman–Crippen MR) is 86.0 cm³/mol. The molecule has 2 N–H and O–H groups in total. The van der Waals surface area contributed by atoms with Crippen LogP contribution >= 0.6 is 15.9 Å². The van der Waals surface area contributed by atoms with Crippen LogP contribution in [0.25, 0.3) is 0 Å². The van der Waals surface area contributed by atoms with E-state index in [2.05, 4.69) is 26.0 Å². The molecular weight excluding hydrogens is 352 g/mol. The Hall–Kier alpha value is -1.60. The Balaban J connectivity index is 2.32. The van der Waals surface area contributed by atoms with Crippen LogP contribution in [0.3, 0.4) is 0 Å². The van der Waals surface area contributed by atoms with Crippen molar-refractivity contribution in [2.24, 2.45) is 0 Å². The van der Waals surface area contributed by atoms with E-state index in [1.165, 1.54) is 0 Å². The topological polar surface area (TPSA) is 69.1 Å². The number of carbonyl (C=O) groups is 2. The lowest BCUT2D eigenvalue weighted by molar-refractivity contribution is -0.890. The summed E-state index contributed by atoms with van der Waals surface area (Å²) in [6, 6.07) is 7.59. The van der Waals surface area contributed by atoms with Gasteiger partial charge in [0.1, 0.15) is 18.9 Å². The van der Waals surface area contributed by atoms with Crippen molar-refractivity contribution in [2.75, 3.05) is 32.8 Å². The second-order valence-electron chi connectivity index (χ2n) is 4.60. The molecule has 0 radical (unpaired) electrons. The van der Waals surface area contributed by atoms with Gasteiger partial charge in [-0.3, -0.25) is 10.1 Å². The molecule has 1 unspecified atom stereocenters. The van der Waals surface area contributed by atoms with Crippen LogP contribution in [0.1, 0.15) is 13.8 Å². The molecule has 7 heteroatoms. The standard InChI is InChI=1S/C15H21BrN2O4/c1-3-18(11-14(19)17-15(20)21-4-2)8-9-22-13-7-5-6-12(16)10-13/h5-7,10H,3-4,8-9,11H2,1-2H3,(H,17,19,20)/p+1. The maximum atomic E-state index is 11.7. The number of halogens is 1. The monoisotopic (exact) mass is 373 g/mol. The quantitative estimate of drug-likeness (QED) is 0.713. The molecule has 22 heavy (non-hydrogen) atoms. The summed E-state index contributed by atoms with van der Waals surface area (Å²) in [5, 5.41) is 2.19. The zero-order valence-corrected chi connectivity index (χ0v) is 14.4. The van der Waals surface area contributed by atoms with Gasteiger partial charge in [-0.25, -0.2) is 4.79 Å². The van der Waals surface area contributed by atoms with Crippen LogP contribution in [0, 0.1) is 0 Å². The van der Waals surface area contributed by atoms with E-state index in [1.54, 1.807) is 6.92 Å². The number of nitrogens with one attached hydrogen (secondary N) is 2.